The van der Waals surface area contributed by atoms with E-state index >= 15 is 0 Å². The van der Waals surface area contributed by atoms with E-state index in [1.54, 1.807) is 6.08 Å². The largest absolute Gasteiger partial charge is 0.463 e. The molecule has 0 saturated carbocycles. The number of hydrogen-bond acceptors (Lipinski definition) is 3. The van der Waals surface area contributed by atoms with Crippen LogP contribution in [0.25, 0.3) is 0 Å². The third-order valence-electron chi connectivity index (χ3n) is 5.27. The van der Waals surface area contributed by atoms with Gasteiger partial charge in [0.05, 0.1) is 18.3 Å². The highest BCUT2D eigenvalue weighted by molar-refractivity contribution is 14.1. The van der Waals surface area contributed by atoms with Crippen LogP contribution >= 0.6 is 22.6 Å². The van der Waals surface area contributed by atoms with Crippen LogP contribution in [0.1, 0.15) is 53.4 Å². The molecule has 0 aromatic rings. The van der Waals surface area contributed by atoms with Crippen molar-refractivity contribution >= 4 is 28.6 Å². The Kier molecular flexibility index (Phi) is 5.40. The van der Waals surface area contributed by atoms with E-state index in [-0.39, 0.29) is 17.0 Å². The first-order chi connectivity index (χ1) is 9.85. The minimum atomic E-state index is -0.220. The monoisotopic (exact) mass is 406 g/mol. The third kappa shape index (κ3) is 3.31. The lowest BCUT2D eigenvalue weighted by atomic mass is 9.62. The van der Waals surface area contributed by atoms with Crippen molar-refractivity contribution in [3.63, 3.8) is 0 Å². The predicted molar refractivity (Wildman–Crippen MR) is 92.6 cm³/mol. The molecule has 2 aliphatic rings. The molecule has 2 rings (SSSR count). The first-order valence-corrected chi connectivity index (χ1v) is 9.46. The molecule has 0 aliphatic carbocycles. The van der Waals surface area contributed by atoms with Gasteiger partial charge in [0.1, 0.15) is 0 Å². The van der Waals surface area contributed by atoms with Gasteiger partial charge in [0.25, 0.3) is 0 Å². The third-order valence-corrected chi connectivity index (χ3v) is 6.57. The van der Waals surface area contributed by atoms with Gasteiger partial charge in [-0.25, -0.2) is 4.79 Å². The van der Waals surface area contributed by atoms with Crippen LogP contribution in [0.4, 0.5) is 0 Å². The number of esters is 1. The van der Waals surface area contributed by atoms with E-state index in [1.165, 1.54) is 12.8 Å². The lowest BCUT2D eigenvalue weighted by Gasteiger charge is -2.40. The fourth-order valence-corrected chi connectivity index (χ4v) is 5.21. The predicted octanol–water partition coefficient (Wildman–Crippen LogP) is 4.28. The molecule has 0 radical (unpaired) electrons. The average Bonchev–Trinajstić information content (AvgIpc) is 2.92. The molecule has 0 unspecified atom stereocenters. The molecule has 0 spiro atoms. The first kappa shape index (κ1) is 17.3. The Labute approximate surface area is 142 Å². The molecule has 2 saturated heterocycles. The van der Waals surface area contributed by atoms with E-state index in [9.17, 15) is 4.79 Å². The van der Waals surface area contributed by atoms with E-state index in [4.69, 9.17) is 9.47 Å². The van der Waals surface area contributed by atoms with Gasteiger partial charge in [0.15, 0.2) is 0 Å². The van der Waals surface area contributed by atoms with E-state index in [0.29, 0.717) is 18.6 Å². The summed E-state index contributed by atoms with van der Waals surface area (Å²) < 4.78 is 12.4. The number of carbonyl (C=O) groups excluding carboxylic acids is 1. The lowest BCUT2D eigenvalue weighted by Crippen LogP contribution is -2.43. The second kappa shape index (κ2) is 6.57. The number of ether oxygens (including phenoxy) is 2. The summed E-state index contributed by atoms with van der Waals surface area (Å²) in [5, 5.41) is 0. The topological polar surface area (TPSA) is 35.5 Å². The van der Waals surface area contributed by atoms with E-state index in [1.807, 2.05) is 13.8 Å². The minimum absolute atomic E-state index is 0.0684. The minimum Gasteiger partial charge on any atom is -0.463 e. The Bertz CT molecular complexity index is 430. The van der Waals surface area contributed by atoms with Gasteiger partial charge in [-0.15, -0.1) is 0 Å². The molecule has 2 bridgehead atoms. The van der Waals surface area contributed by atoms with Crippen molar-refractivity contribution < 1.29 is 14.3 Å². The van der Waals surface area contributed by atoms with Crippen LogP contribution in [0, 0.1) is 11.3 Å². The molecule has 0 amide bonds. The summed E-state index contributed by atoms with van der Waals surface area (Å²) in [6.45, 7) is 8.99. The molecule has 2 fully saturated rings. The van der Waals surface area contributed by atoms with Gasteiger partial charge in [0.2, 0.25) is 0 Å². The van der Waals surface area contributed by atoms with Crippen LogP contribution < -0.4 is 0 Å². The molecule has 3 atom stereocenters. The summed E-state index contributed by atoms with van der Waals surface area (Å²) in [4.78, 5) is 11.5. The summed E-state index contributed by atoms with van der Waals surface area (Å²) >= 11 is 2.48. The van der Waals surface area contributed by atoms with Gasteiger partial charge in [0, 0.05) is 10.5 Å². The van der Waals surface area contributed by atoms with E-state index in [2.05, 4.69) is 36.4 Å². The summed E-state index contributed by atoms with van der Waals surface area (Å²) in [6, 6.07) is 0. The summed E-state index contributed by atoms with van der Waals surface area (Å²) in [5.74, 6) is 0.355. The molecule has 120 valence electrons. The Balaban J connectivity index is 2.00. The summed E-state index contributed by atoms with van der Waals surface area (Å²) in [5.41, 5.74) is 1.42. The van der Waals surface area contributed by atoms with E-state index in [0.717, 1.165) is 22.8 Å². The van der Waals surface area contributed by atoms with Crippen molar-refractivity contribution in [1.82, 2.24) is 0 Å². The molecule has 2 aliphatic heterocycles. The van der Waals surface area contributed by atoms with Crippen LogP contribution in [0.2, 0.25) is 0 Å². The molecule has 3 nitrogen and oxygen atoms in total. The summed E-state index contributed by atoms with van der Waals surface area (Å²) in [6.07, 6.45) is 6.47. The Hall–Kier alpha value is -0.100. The highest BCUT2D eigenvalue weighted by Gasteiger charge is 2.61. The van der Waals surface area contributed by atoms with Gasteiger partial charge in [-0.05, 0) is 50.9 Å². The molecular formula is C17H27IO3. The van der Waals surface area contributed by atoms with Gasteiger partial charge in [-0.3, -0.25) is 0 Å². The molecule has 0 aromatic heterocycles. The Morgan fingerprint density at radius 2 is 2.19 bits per heavy atom. The maximum absolute atomic E-state index is 11.5. The molecule has 0 N–H and O–H groups in total. The van der Waals surface area contributed by atoms with Gasteiger partial charge < -0.3 is 9.47 Å². The van der Waals surface area contributed by atoms with E-state index < -0.39 is 0 Å². The van der Waals surface area contributed by atoms with Gasteiger partial charge >= 0.3 is 5.97 Å². The van der Waals surface area contributed by atoms with Crippen LogP contribution in [0.15, 0.2) is 11.6 Å². The zero-order chi connectivity index (χ0) is 15.7. The number of carbonyl (C=O) groups is 1. The average molecular weight is 406 g/mol. The fraction of sp³-hybridized carbons (Fsp3) is 0.824. The maximum atomic E-state index is 11.5. The fourth-order valence-electron chi connectivity index (χ4n) is 4.11. The second-order valence-electron chi connectivity index (χ2n) is 7.00. The Morgan fingerprint density at radius 3 is 2.81 bits per heavy atom. The standard InChI is InChI=1S/C17H27IO3/c1-5-20-15(19)10-12(2)6-7-13-16(3,4)14-8-9-17(13,11-18)21-14/h10,13-14H,5-9,11H2,1-4H3/b12-10+/t13-,14+,17+/m0/s1. The van der Waals surface area contributed by atoms with Crippen molar-refractivity contribution in [2.24, 2.45) is 11.3 Å². The molecule has 4 heteroatoms. The quantitative estimate of drug-likeness (QED) is 0.286. The maximum Gasteiger partial charge on any atom is 0.330 e. The van der Waals surface area contributed by atoms with Crippen molar-refractivity contribution in [3.05, 3.63) is 11.6 Å². The van der Waals surface area contributed by atoms with Crippen molar-refractivity contribution in [3.8, 4) is 0 Å². The van der Waals surface area contributed by atoms with Gasteiger partial charge in [-0.1, -0.05) is 42.0 Å². The molecule has 0 aromatic carbocycles. The van der Waals surface area contributed by atoms with Crippen molar-refractivity contribution in [1.29, 1.82) is 0 Å². The zero-order valence-corrected chi connectivity index (χ0v) is 15.7. The highest BCUT2D eigenvalue weighted by atomic mass is 127. The molecular weight excluding hydrogens is 379 g/mol. The molecule has 2 heterocycles. The second-order valence-corrected chi connectivity index (χ2v) is 7.76. The number of hydrogen-bond donors (Lipinski definition) is 0. The number of alkyl halides is 1. The first-order valence-electron chi connectivity index (χ1n) is 7.93. The number of rotatable bonds is 6. The lowest BCUT2D eigenvalue weighted by molar-refractivity contribution is -0.137. The summed E-state index contributed by atoms with van der Waals surface area (Å²) in [7, 11) is 0. The highest BCUT2D eigenvalue weighted by Crippen LogP contribution is 2.59. The SMILES string of the molecule is CCOC(=O)/C=C(\C)CC[C@H]1C(C)(C)[C@H]2CC[C@]1(CI)O2. The normalized spacial score (nSPS) is 34.2. The number of fused-ring (bicyclic) bond motifs is 2. The smallest absolute Gasteiger partial charge is 0.330 e. The van der Waals surface area contributed by atoms with Crippen molar-refractivity contribution in [2.75, 3.05) is 11.0 Å². The Morgan fingerprint density at radius 1 is 1.48 bits per heavy atom. The number of halogens is 1. The van der Waals surface area contributed by atoms with Gasteiger partial charge in [-0.2, -0.15) is 0 Å². The van der Waals surface area contributed by atoms with Crippen LogP contribution in [0.3, 0.4) is 0 Å². The van der Waals surface area contributed by atoms with Crippen LogP contribution in [0.5, 0.6) is 0 Å². The zero-order valence-electron chi connectivity index (χ0n) is 13.6. The van der Waals surface area contributed by atoms with Crippen LogP contribution in [-0.2, 0) is 14.3 Å². The molecule has 21 heavy (non-hydrogen) atoms. The number of allylic oxidation sites excluding steroid dienone is 1. The van der Waals surface area contributed by atoms with Crippen LogP contribution in [-0.4, -0.2) is 28.7 Å². The van der Waals surface area contributed by atoms with Crippen molar-refractivity contribution in [2.45, 2.75) is 65.1 Å².